The van der Waals surface area contributed by atoms with Gasteiger partial charge in [-0.3, -0.25) is 0 Å². The number of hydrogen-bond acceptors (Lipinski definition) is 3. The number of nitrogens with two attached hydrogens (primary N) is 1. The lowest BCUT2D eigenvalue weighted by Gasteiger charge is -2.24. The van der Waals surface area contributed by atoms with Crippen molar-refractivity contribution in [2.75, 3.05) is 30.5 Å². The predicted octanol–water partition coefficient (Wildman–Crippen LogP) is 2.64. The minimum absolute atomic E-state index is 0.219. The van der Waals surface area contributed by atoms with Gasteiger partial charge in [0, 0.05) is 36.6 Å². The van der Waals surface area contributed by atoms with Gasteiger partial charge in [-0.2, -0.15) is 11.8 Å². The van der Waals surface area contributed by atoms with E-state index >= 15 is 0 Å². The molecule has 1 aromatic rings. The molecule has 0 bridgehead atoms. The molecule has 1 atom stereocenters. The minimum atomic E-state index is -0.284. The van der Waals surface area contributed by atoms with Gasteiger partial charge in [-0.05, 0) is 25.3 Å². The van der Waals surface area contributed by atoms with Crippen molar-refractivity contribution >= 4 is 17.4 Å². The lowest BCUT2D eigenvalue weighted by atomic mass is 10.1. The highest BCUT2D eigenvalue weighted by Crippen LogP contribution is 2.27. The average Bonchev–Trinajstić information content (AvgIpc) is 2.24. The van der Waals surface area contributed by atoms with Gasteiger partial charge >= 0.3 is 0 Å². The predicted molar refractivity (Wildman–Crippen MR) is 70.7 cm³/mol. The number of thioether (sulfide) groups is 1. The van der Waals surface area contributed by atoms with E-state index in [0.29, 0.717) is 5.56 Å². The number of benzene rings is 1. The lowest BCUT2D eigenvalue weighted by Crippen LogP contribution is -2.23. The van der Waals surface area contributed by atoms with E-state index in [1.54, 1.807) is 17.8 Å². The first-order valence-corrected chi connectivity index (χ1v) is 6.71. The highest BCUT2D eigenvalue weighted by Gasteiger charge is 2.14. The smallest absolute Gasteiger partial charge is 0.130 e. The van der Waals surface area contributed by atoms with E-state index in [2.05, 4.69) is 11.2 Å². The van der Waals surface area contributed by atoms with E-state index in [-0.39, 0.29) is 11.9 Å². The van der Waals surface area contributed by atoms with E-state index < -0.39 is 0 Å². The van der Waals surface area contributed by atoms with Gasteiger partial charge in [0.1, 0.15) is 5.82 Å². The molecule has 0 radical (unpaired) electrons. The minimum Gasteiger partial charge on any atom is -0.373 e. The monoisotopic (exact) mass is 242 g/mol. The largest absolute Gasteiger partial charge is 0.373 e. The summed E-state index contributed by atoms with van der Waals surface area (Å²) in [7, 11) is 1.97. The van der Waals surface area contributed by atoms with Crippen LogP contribution in [0, 0.1) is 5.82 Å². The second kappa shape index (κ2) is 6.11. The number of nitrogens with zero attached hydrogens (tertiary/aromatic N) is 1. The molecule has 0 saturated heterocycles. The van der Waals surface area contributed by atoms with Crippen LogP contribution in [0.25, 0.3) is 0 Å². The zero-order valence-corrected chi connectivity index (χ0v) is 10.9. The molecule has 2 N–H and O–H groups in total. The Balaban J connectivity index is 2.98. The van der Waals surface area contributed by atoms with Gasteiger partial charge in [0.15, 0.2) is 0 Å². The number of rotatable bonds is 5. The van der Waals surface area contributed by atoms with Crippen LogP contribution in [0.5, 0.6) is 0 Å². The zero-order chi connectivity index (χ0) is 12.1. The molecule has 16 heavy (non-hydrogen) atoms. The second-order valence-corrected chi connectivity index (χ2v) is 4.86. The third kappa shape index (κ3) is 3.12. The molecule has 0 aliphatic carbocycles. The molecule has 0 unspecified atom stereocenters. The van der Waals surface area contributed by atoms with E-state index in [9.17, 15) is 4.39 Å². The highest BCUT2D eigenvalue weighted by molar-refractivity contribution is 7.98. The van der Waals surface area contributed by atoms with Crippen LogP contribution in [0.2, 0.25) is 0 Å². The Morgan fingerprint density at radius 1 is 1.50 bits per heavy atom. The summed E-state index contributed by atoms with van der Waals surface area (Å²) in [5.41, 5.74) is 7.31. The van der Waals surface area contributed by atoms with Crippen LogP contribution < -0.4 is 10.6 Å². The molecule has 1 aromatic carbocycles. The van der Waals surface area contributed by atoms with Gasteiger partial charge in [0.05, 0.1) is 0 Å². The van der Waals surface area contributed by atoms with Crippen LogP contribution in [0.3, 0.4) is 0 Å². The van der Waals surface area contributed by atoms with Crippen LogP contribution in [-0.4, -0.2) is 25.6 Å². The first-order chi connectivity index (χ1) is 7.57. The molecule has 0 aromatic heterocycles. The Hall–Kier alpha value is -0.740. The quantitative estimate of drug-likeness (QED) is 0.860. The third-order valence-electron chi connectivity index (χ3n) is 2.53. The topological polar surface area (TPSA) is 29.3 Å². The Morgan fingerprint density at radius 3 is 2.75 bits per heavy atom. The first-order valence-electron chi connectivity index (χ1n) is 5.32. The molecule has 1 rings (SSSR count). The summed E-state index contributed by atoms with van der Waals surface area (Å²) in [6.45, 7) is 2.70. The molecule has 0 amide bonds. The van der Waals surface area contributed by atoms with Crippen molar-refractivity contribution in [1.29, 1.82) is 0 Å². The maximum atomic E-state index is 13.7. The average molecular weight is 242 g/mol. The Morgan fingerprint density at radius 2 is 2.19 bits per heavy atom. The molecule has 0 aliphatic rings. The van der Waals surface area contributed by atoms with Crippen LogP contribution in [0.4, 0.5) is 10.1 Å². The van der Waals surface area contributed by atoms with Crippen molar-refractivity contribution in [3.05, 3.63) is 29.6 Å². The highest BCUT2D eigenvalue weighted by atomic mass is 32.2. The second-order valence-electron chi connectivity index (χ2n) is 3.88. The van der Waals surface area contributed by atoms with Crippen LogP contribution in [0.15, 0.2) is 18.2 Å². The summed E-state index contributed by atoms with van der Waals surface area (Å²) in [4.78, 5) is 2.05. The first kappa shape index (κ1) is 13.3. The SMILES string of the molecule is CSCCN(C)c1cccc(F)c1[C@H](C)N. The normalized spacial score (nSPS) is 12.6. The van der Waals surface area contributed by atoms with Crippen molar-refractivity contribution in [2.24, 2.45) is 5.73 Å². The number of hydrogen-bond donors (Lipinski definition) is 1. The number of halogens is 1. The third-order valence-corrected chi connectivity index (χ3v) is 3.12. The molecule has 90 valence electrons. The van der Waals surface area contributed by atoms with Crippen molar-refractivity contribution in [3.63, 3.8) is 0 Å². The molecule has 4 heteroatoms. The van der Waals surface area contributed by atoms with Crippen LogP contribution in [0.1, 0.15) is 18.5 Å². The molecule has 2 nitrogen and oxygen atoms in total. The summed E-state index contributed by atoms with van der Waals surface area (Å²) < 4.78 is 13.7. The summed E-state index contributed by atoms with van der Waals surface area (Å²) in [6.07, 6.45) is 2.06. The molecule has 0 spiro atoms. The van der Waals surface area contributed by atoms with E-state index in [1.165, 1.54) is 6.07 Å². The molecule has 0 fully saturated rings. The van der Waals surface area contributed by atoms with Gasteiger partial charge in [0.25, 0.3) is 0 Å². The fourth-order valence-electron chi connectivity index (χ4n) is 1.66. The Bertz CT molecular complexity index is 342. The van der Waals surface area contributed by atoms with Crippen molar-refractivity contribution in [1.82, 2.24) is 0 Å². The Kier molecular flexibility index (Phi) is 5.09. The summed E-state index contributed by atoms with van der Waals surface area (Å²) in [5.74, 6) is 0.800. The van der Waals surface area contributed by atoms with Crippen molar-refractivity contribution < 1.29 is 4.39 Å². The number of anilines is 1. The van der Waals surface area contributed by atoms with Gasteiger partial charge in [-0.1, -0.05) is 6.07 Å². The van der Waals surface area contributed by atoms with Crippen molar-refractivity contribution in [3.8, 4) is 0 Å². The van der Waals surface area contributed by atoms with Crippen LogP contribution >= 0.6 is 11.8 Å². The van der Waals surface area contributed by atoms with E-state index in [0.717, 1.165) is 18.0 Å². The summed E-state index contributed by atoms with van der Waals surface area (Å²) >= 11 is 1.78. The zero-order valence-electron chi connectivity index (χ0n) is 10.0. The summed E-state index contributed by atoms with van der Waals surface area (Å²) in [6, 6.07) is 4.83. The standard InChI is InChI=1S/C12H19FN2S/c1-9(14)12-10(13)5-4-6-11(12)15(2)7-8-16-3/h4-6,9H,7-8,14H2,1-3H3/t9-/m0/s1. The van der Waals surface area contributed by atoms with E-state index in [4.69, 9.17) is 5.73 Å². The van der Waals surface area contributed by atoms with Gasteiger partial charge in [-0.25, -0.2) is 4.39 Å². The van der Waals surface area contributed by atoms with Gasteiger partial charge in [0.2, 0.25) is 0 Å². The molecule has 0 heterocycles. The summed E-state index contributed by atoms with van der Waals surface area (Å²) in [5, 5.41) is 0. The van der Waals surface area contributed by atoms with Gasteiger partial charge < -0.3 is 10.6 Å². The Labute approximate surface area is 101 Å². The molecule has 0 aliphatic heterocycles. The fourth-order valence-corrected chi connectivity index (χ4v) is 2.11. The maximum absolute atomic E-state index is 13.7. The maximum Gasteiger partial charge on any atom is 0.130 e. The van der Waals surface area contributed by atoms with E-state index in [1.807, 2.05) is 20.0 Å². The molecular formula is C12H19FN2S. The molecular weight excluding hydrogens is 223 g/mol. The lowest BCUT2D eigenvalue weighted by molar-refractivity contribution is 0.593. The van der Waals surface area contributed by atoms with Crippen molar-refractivity contribution in [2.45, 2.75) is 13.0 Å². The molecule has 0 saturated carbocycles. The van der Waals surface area contributed by atoms with Crippen LogP contribution in [-0.2, 0) is 0 Å². The van der Waals surface area contributed by atoms with Gasteiger partial charge in [-0.15, -0.1) is 0 Å². The fraction of sp³-hybridized carbons (Fsp3) is 0.500.